The molecule has 1 atom stereocenters. The largest absolute Gasteiger partial charge is 0.487 e. The summed E-state index contributed by atoms with van der Waals surface area (Å²) in [4.78, 5) is 17.6. The smallest absolute Gasteiger partial charge is 0.433 e. The molecule has 0 bridgehead atoms. The summed E-state index contributed by atoms with van der Waals surface area (Å²) in [5.41, 5.74) is -1.17. The monoisotopic (exact) mass is 454 g/mol. The molecule has 1 heterocycles. The van der Waals surface area contributed by atoms with Crippen LogP contribution in [-0.2, 0) is 24.1 Å². The molecule has 0 unspecified atom stereocenters. The van der Waals surface area contributed by atoms with Gasteiger partial charge in [-0.1, -0.05) is 37.3 Å². The number of benzene rings is 1. The van der Waals surface area contributed by atoms with Crippen molar-refractivity contribution < 1.29 is 32.5 Å². The molecular weight excluding hydrogens is 425 g/mol. The van der Waals surface area contributed by atoms with Gasteiger partial charge in [-0.25, -0.2) is 9.78 Å². The number of hydrogen-bond acceptors (Lipinski definition) is 5. The molecule has 0 saturated heterocycles. The molecule has 0 radical (unpaired) electrons. The van der Waals surface area contributed by atoms with Gasteiger partial charge in [-0.15, -0.1) is 0 Å². The normalized spacial score (nSPS) is 12.9. The number of ether oxygens (including phenoxy) is 2. The lowest BCUT2D eigenvalue weighted by Crippen LogP contribution is -2.40. The van der Waals surface area contributed by atoms with E-state index in [1.165, 1.54) is 6.07 Å². The topological polar surface area (TPSA) is 71.9 Å². The highest BCUT2D eigenvalue weighted by Crippen LogP contribution is 2.31. The summed E-state index contributed by atoms with van der Waals surface area (Å²) in [6.07, 6.45) is -5.95. The number of carbonyl (C=O) groups excluding carboxylic acids is 1. The minimum absolute atomic E-state index is 0.0788. The summed E-state index contributed by atoms with van der Waals surface area (Å²) < 4.78 is 51.0. The van der Waals surface area contributed by atoms with E-state index in [4.69, 9.17) is 9.47 Å². The highest BCUT2D eigenvalue weighted by atomic mass is 19.4. The average Bonchev–Trinajstić information content (AvgIpc) is 2.70. The van der Waals surface area contributed by atoms with Gasteiger partial charge in [0.25, 0.3) is 0 Å². The van der Waals surface area contributed by atoms with Crippen LogP contribution in [0.3, 0.4) is 0 Å². The first kappa shape index (κ1) is 25.5. The second-order valence-corrected chi connectivity index (χ2v) is 8.34. The number of carbonyl (C=O) groups is 1. The predicted octanol–water partition coefficient (Wildman–Crippen LogP) is 5.19. The van der Waals surface area contributed by atoms with E-state index in [0.29, 0.717) is 6.42 Å². The van der Waals surface area contributed by atoms with Crippen LogP contribution in [0.25, 0.3) is 0 Å². The van der Waals surface area contributed by atoms with E-state index < -0.39 is 29.7 Å². The minimum Gasteiger partial charge on any atom is -0.487 e. The Morgan fingerprint density at radius 1 is 1.12 bits per heavy atom. The van der Waals surface area contributed by atoms with E-state index in [0.717, 1.165) is 16.5 Å². The first-order valence-corrected chi connectivity index (χ1v) is 10.3. The second-order valence-electron chi connectivity index (χ2n) is 8.34. The molecule has 0 spiro atoms. The molecule has 1 amide bonds. The lowest BCUT2D eigenvalue weighted by Gasteiger charge is -2.29. The summed E-state index contributed by atoms with van der Waals surface area (Å²) >= 11 is 0. The lowest BCUT2D eigenvalue weighted by molar-refractivity contribution is -0.141. The van der Waals surface area contributed by atoms with Crippen LogP contribution < -0.4 is 4.74 Å². The Kier molecular flexibility index (Phi) is 8.49. The van der Waals surface area contributed by atoms with Crippen LogP contribution in [0.2, 0.25) is 0 Å². The van der Waals surface area contributed by atoms with Gasteiger partial charge in [0.05, 0.1) is 19.2 Å². The zero-order valence-electron chi connectivity index (χ0n) is 18.6. The third-order valence-corrected chi connectivity index (χ3v) is 4.35. The van der Waals surface area contributed by atoms with Crippen molar-refractivity contribution in [2.75, 3.05) is 6.54 Å². The van der Waals surface area contributed by atoms with Gasteiger partial charge in [-0.2, -0.15) is 13.2 Å². The summed E-state index contributed by atoms with van der Waals surface area (Å²) in [5.74, 6) is 0.112. The molecular formula is C23H29F3N2O4. The van der Waals surface area contributed by atoms with E-state index in [9.17, 15) is 23.1 Å². The van der Waals surface area contributed by atoms with Crippen LogP contribution in [0.1, 0.15) is 51.1 Å². The van der Waals surface area contributed by atoms with Crippen molar-refractivity contribution in [2.24, 2.45) is 0 Å². The number of alkyl halides is 3. The van der Waals surface area contributed by atoms with Gasteiger partial charge in [0.1, 0.15) is 29.3 Å². The number of aliphatic hydroxyl groups excluding tert-OH is 1. The van der Waals surface area contributed by atoms with Crippen molar-refractivity contribution in [3.8, 4) is 5.75 Å². The van der Waals surface area contributed by atoms with Crippen LogP contribution in [0, 0.1) is 0 Å². The van der Waals surface area contributed by atoms with Crippen LogP contribution in [0.5, 0.6) is 5.75 Å². The van der Waals surface area contributed by atoms with Gasteiger partial charge in [-0.05, 0) is 44.9 Å². The summed E-state index contributed by atoms with van der Waals surface area (Å²) in [7, 11) is 0. The highest BCUT2D eigenvalue weighted by Gasteiger charge is 2.34. The van der Waals surface area contributed by atoms with Gasteiger partial charge in [0.2, 0.25) is 0 Å². The van der Waals surface area contributed by atoms with Crippen LogP contribution in [0.4, 0.5) is 18.0 Å². The molecule has 1 aromatic carbocycles. The Morgan fingerprint density at radius 3 is 2.34 bits per heavy atom. The predicted molar refractivity (Wildman–Crippen MR) is 113 cm³/mol. The van der Waals surface area contributed by atoms with Crippen molar-refractivity contribution in [3.05, 3.63) is 59.4 Å². The van der Waals surface area contributed by atoms with Crippen molar-refractivity contribution in [2.45, 2.75) is 65.1 Å². The molecule has 0 aliphatic heterocycles. The van der Waals surface area contributed by atoms with Crippen LogP contribution >= 0.6 is 0 Å². The number of aliphatic hydroxyl groups is 1. The average molecular weight is 454 g/mol. The molecule has 0 saturated carbocycles. The zero-order chi connectivity index (χ0) is 23.9. The molecule has 2 aromatic rings. The van der Waals surface area contributed by atoms with Gasteiger partial charge in [0.15, 0.2) is 0 Å². The molecule has 176 valence electrons. The maximum atomic E-state index is 13.3. The molecule has 32 heavy (non-hydrogen) atoms. The first-order valence-electron chi connectivity index (χ1n) is 10.3. The van der Waals surface area contributed by atoms with Crippen molar-refractivity contribution in [1.29, 1.82) is 0 Å². The Morgan fingerprint density at radius 2 is 1.78 bits per heavy atom. The third-order valence-electron chi connectivity index (χ3n) is 4.35. The van der Waals surface area contributed by atoms with Crippen LogP contribution in [-0.4, -0.2) is 39.3 Å². The maximum absolute atomic E-state index is 13.3. The fourth-order valence-electron chi connectivity index (χ4n) is 2.72. The Bertz CT molecular complexity index is 883. The third kappa shape index (κ3) is 8.03. The van der Waals surface area contributed by atoms with E-state index in [-0.39, 0.29) is 31.1 Å². The summed E-state index contributed by atoms with van der Waals surface area (Å²) in [5, 5.41) is 10.1. The minimum atomic E-state index is -4.66. The van der Waals surface area contributed by atoms with Crippen molar-refractivity contribution in [3.63, 3.8) is 0 Å². The van der Waals surface area contributed by atoms with Crippen LogP contribution in [0.15, 0.2) is 42.5 Å². The number of pyridine rings is 1. The van der Waals surface area contributed by atoms with Crippen molar-refractivity contribution in [1.82, 2.24) is 9.88 Å². The van der Waals surface area contributed by atoms with E-state index >= 15 is 0 Å². The second kappa shape index (κ2) is 10.7. The Balaban J connectivity index is 2.36. The molecule has 0 aliphatic carbocycles. The number of aromatic nitrogens is 1. The number of hydrogen-bond donors (Lipinski definition) is 1. The van der Waals surface area contributed by atoms with E-state index in [2.05, 4.69) is 4.98 Å². The number of nitrogens with zero attached hydrogens (tertiary/aromatic N) is 2. The number of rotatable bonds is 8. The quantitative estimate of drug-likeness (QED) is 0.595. The maximum Gasteiger partial charge on any atom is 0.433 e. The Labute approximate surface area is 186 Å². The molecule has 1 aromatic heterocycles. The van der Waals surface area contributed by atoms with Gasteiger partial charge < -0.3 is 14.6 Å². The van der Waals surface area contributed by atoms with Gasteiger partial charge in [-0.3, -0.25) is 4.90 Å². The van der Waals surface area contributed by atoms with E-state index in [1.54, 1.807) is 27.7 Å². The number of amides is 1. The van der Waals surface area contributed by atoms with Gasteiger partial charge >= 0.3 is 12.3 Å². The molecule has 1 N–H and O–H groups in total. The molecule has 9 heteroatoms. The van der Waals surface area contributed by atoms with E-state index in [1.807, 2.05) is 30.3 Å². The summed E-state index contributed by atoms with van der Waals surface area (Å²) in [6, 6.07) is 11.2. The standard InChI is InChI=1S/C23H29F3N2O4/c1-5-17(29)13-28(21(30)32-22(2,3)4)14-18-19(11-12-20(27-18)23(24,25)26)31-15-16-9-7-6-8-10-16/h6-12,17,29H,5,13-15H2,1-4H3/t17-/m0/s1. The SMILES string of the molecule is CC[C@H](O)CN(Cc1nc(C(F)(F)F)ccc1OCc1ccccc1)C(=O)OC(C)(C)C. The lowest BCUT2D eigenvalue weighted by atomic mass is 10.2. The fourth-order valence-corrected chi connectivity index (χ4v) is 2.72. The Hall–Kier alpha value is -2.81. The summed E-state index contributed by atoms with van der Waals surface area (Å²) in [6.45, 7) is 6.43. The zero-order valence-corrected chi connectivity index (χ0v) is 18.6. The first-order chi connectivity index (χ1) is 14.9. The molecule has 0 fully saturated rings. The molecule has 0 aliphatic rings. The highest BCUT2D eigenvalue weighted by molar-refractivity contribution is 5.68. The number of halogens is 3. The fraction of sp³-hybridized carbons (Fsp3) is 0.478. The molecule has 6 nitrogen and oxygen atoms in total. The molecule has 2 rings (SSSR count). The van der Waals surface area contributed by atoms with Gasteiger partial charge in [0, 0.05) is 0 Å². The van der Waals surface area contributed by atoms with Crippen molar-refractivity contribution >= 4 is 6.09 Å².